The van der Waals surface area contributed by atoms with Gasteiger partial charge in [-0.3, -0.25) is 0 Å². The average molecular weight is 566 g/mol. The van der Waals surface area contributed by atoms with Crippen LogP contribution in [0.1, 0.15) is 40.9 Å². The number of aliphatic hydroxyl groups excluding tert-OH is 1. The van der Waals surface area contributed by atoms with Crippen LogP contribution in [0.25, 0.3) is 0 Å². The number of aliphatic hydroxyl groups is 1. The van der Waals surface area contributed by atoms with E-state index in [4.69, 9.17) is 19.3 Å². The number of rotatable bonds is 6. The van der Waals surface area contributed by atoms with E-state index in [9.17, 15) is 4.79 Å². The van der Waals surface area contributed by atoms with Gasteiger partial charge in [-0.15, -0.1) is 0 Å². The molecule has 1 N–H and O–H groups in total. The van der Waals surface area contributed by atoms with Crippen molar-refractivity contribution in [1.82, 2.24) is 0 Å². The van der Waals surface area contributed by atoms with Gasteiger partial charge in [0.15, 0.2) is 0 Å². The number of carbonyl (C=O) groups is 1. The maximum absolute atomic E-state index is 12.0. The van der Waals surface area contributed by atoms with Gasteiger partial charge >= 0.3 is 45.9 Å². The Labute approximate surface area is 182 Å². The van der Waals surface area contributed by atoms with Crippen molar-refractivity contribution in [2.24, 2.45) is 0 Å². The standard InChI is InChI=1S/C17H21O5.C2H5.Th/c1-5-21-16-12(7-6-10(2)8-18)15(20-4)11(3)13-9-22-17(19)14(13)16;1-2;/h6,18H,1,5,7-9H2,2-4H3;1H2,2H3;/q2*-1;+2/b10-6+;;. The van der Waals surface area contributed by atoms with E-state index in [0.29, 0.717) is 23.5 Å². The number of esters is 1. The van der Waals surface area contributed by atoms with Crippen molar-refractivity contribution < 1.29 is 64.1 Å². The van der Waals surface area contributed by atoms with E-state index in [1.165, 1.54) is 0 Å². The van der Waals surface area contributed by atoms with E-state index in [0.717, 1.165) is 22.3 Å². The van der Waals surface area contributed by atoms with E-state index in [2.05, 4.69) is 13.8 Å². The van der Waals surface area contributed by atoms with Crippen LogP contribution in [0.15, 0.2) is 11.6 Å². The van der Waals surface area contributed by atoms with Crippen LogP contribution in [0, 0.1) is 60.7 Å². The third-order valence-corrected chi connectivity index (χ3v) is 3.78. The van der Waals surface area contributed by atoms with Gasteiger partial charge in [0.25, 0.3) is 0 Å². The minimum Gasteiger partial charge on any atom is -0.524 e. The van der Waals surface area contributed by atoms with Crippen LogP contribution >= 0.6 is 0 Å². The number of allylic oxidation sites excluding steroid dienone is 1. The second-order valence-corrected chi connectivity index (χ2v) is 5.16. The fourth-order valence-electron chi connectivity index (χ4n) is 2.61. The predicted molar refractivity (Wildman–Crippen MR) is 93.3 cm³/mol. The van der Waals surface area contributed by atoms with Crippen molar-refractivity contribution >= 4 is 5.97 Å². The van der Waals surface area contributed by atoms with E-state index in [1.54, 1.807) is 14.0 Å². The number of benzene rings is 1. The molecule has 136 valence electrons. The van der Waals surface area contributed by atoms with E-state index < -0.39 is 0 Å². The molecule has 25 heavy (non-hydrogen) atoms. The first-order valence-corrected chi connectivity index (χ1v) is 7.83. The molecule has 0 saturated heterocycles. The maximum atomic E-state index is 12.0. The first kappa shape index (κ1) is 24.3. The summed E-state index contributed by atoms with van der Waals surface area (Å²) in [5.41, 5.74) is 3.76. The monoisotopic (exact) mass is 566 g/mol. The van der Waals surface area contributed by atoms with Crippen molar-refractivity contribution in [2.75, 3.05) is 20.3 Å². The Morgan fingerprint density at radius 2 is 2.00 bits per heavy atom. The van der Waals surface area contributed by atoms with Crippen LogP contribution in [0.5, 0.6) is 11.5 Å². The number of cyclic esters (lactones) is 1. The van der Waals surface area contributed by atoms with Crippen LogP contribution in [-0.2, 0) is 17.8 Å². The molecule has 2 rings (SSSR count). The predicted octanol–water partition coefficient (Wildman–Crippen LogP) is 3.21. The number of methoxy groups -OCH3 is 1. The summed E-state index contributed by atoms with van der Waals surface area (Å²) in [7, 11) is 1.59. The Bertz CT molecular complexity index is 623. The summed E-state index contributed by atoms with van der Waals surface area (Å²) >= 11 is 0. The molecule has 1 aromatic carbocycles. The second kappa shape index (κ2) is 11.8. The molecular weight excluding hydrogens is 540 g/mol. The molecule has 0 saturated carbocycles. The fraction of sp³-hybridized carbons (Fsp3) is 0.421. The summed E-state index contributed by atoms with van der Waals surface area (Å²) in [6.07, 6.45) is 2.38. The zero-order chi connectivity index (χ0) is 18.3. The van der Waals surface area contributed by atoms with Gasteiger partial charge in [0.2, 0.25) is 0 Å². The van der Waals surface area contributed by atoms with Gasteiger partial charge in [-0.1, -0.05) is 11.6 Å². The molecule has 1 aliphatic heterocycles. The van der Waals surface area contributed by atoms with Crippen LogP contribution < -0.4 is 9.47 Å². The maximum Gasteiger partial charge on any atom is 2.00 e. The zero-order valence-electron chi connectivity index (χ0n) is 15.4. The molecule has 1 aliphatic rings. The van der Waals surface area contributed by atoms with Crippen LogP contribution in [0.4, 0.5) is 0 Å². The minimum atomic E-state index is -0.381. The Kier molecular flexibility index (Phi) is 11.5. The fourth-order valence-corrected chi connectivity index (χ4v) is 2.61. The molecule has 0 fully saturated rings. The van der Waals surface area contributed by atoms with Crippen LogP contribution in [0.3, 0.4) is 0 Å². The number of fused-ring (bicyclic) bond motifs is 1. The number of hydrogen-bond donors (Lipinski definition) is 1. The molecule has 0 atom stereocenters. The van der Waals surface area contributed by atoms with Gasteiger partial charge in [0.05, 0.1) is 13.7 Å². The first-order valence-electron chi connectivity index (χ1n) is 7.83. The van der Waals surface area contributed by atoms with Crippen molar-refractivity contribution in [3.8, 4) is 11.5 Å². The largest absolute Gasteiger partial charge is 2.00 e. The van der Waals surface area contributed by atoms with Crippen molar-refractivity contribution in [3.63, 3.8) is 0 Å². The van der Waals surface area contributed by atoms with Gasteiger partial charge in [-0.25, -0.2) is 4.79 Å². The van der Waals surface area contributed by atoms with E-state index in [-0.39, 0.29) is 65.7 Å². The third-order valence-electron chi connectivity index (χ3n) is 3.78. The van der Waals surface area contributed by atoms with Crippen molar-refractivity contribution in [1.29, 1.82) is 0 Å². The smallest absolute Gasteiger partial charge is 0.524 e. The minimum absolute atomic E-state index is 0. The molecule has 1 heterocycles. The summed E-state index contributed by atoms with van der Waals surface area (Å²) in [5.74, 6) is 0.771. The molecule has 0 aromatic heterocycles. The van der Waals surface area contributed by atoms with Gasteiger partial charge in [0.1, 0.15) is 23.7 Å². The summed E-state index contributed by atoms with van der Waals surface area (Å²) in [6.45, 7) is 12.8. The molecule has 5 nitrogen and oxygen atoms in total. The Morgan fingerprint density at radius 1 is 1.36 bits per heavy atom. The van der Waals surface area contributed by atoms with Crippen LogP contribution in [-0.4, -0.2) is 31.4 Å². The second-order valence-electron chi connectivity index (χ2n) is 5.16. The van der Waals surface area contributed by atoms with E-state index in [1.807, 2.05) is 19.9 Å². The number of carbonyl (C=O) groups excluding carboxylic acids is 1. The quantitative estimate of drug-likeness (QED) is 0.326. The molecule has 0 aliphatic carbocycles. The number of hydrogen-bond acceptors (Lipinski definition) is 5. The molecule has 0 radical (unpaired) electrons. The molecule has 1 aromatic rings. The van der Waals surface area contributed by atoms with Crippen LogP contribution in [0.2, 0.25) is 0 Å². The summed E-state index contributed by atoms with van der Waals surface area (Å²) in [6, 6.07) is 0. The normalized spacial score (nSPS) is 12.4. The molecule has 6 heteroatoms. The topological polar surface area (TPSA) is 65.0 Å². The molecule has 0 amide bonds. The van der Waals surface area contributed by atoms with E-state index >= 15 is 0 Å². The molecule has 0 bridgehead atoms. The average Bonchev–Trinajstić information content (AvgIpc) is 2.99. The molecule has 0 spiro atoms. The molecular formula is C19H26O5Th. The Hall–Kier alpha value is -0.685. The summed E-state index contributed by atoms with van der Waals surface area (Å²) in [4.78, 5) is 12.0. The Morgan fingerprint density at radius 3 is 2.52 bits per heavy atom. The van der Waals surface area contributed by atoms with Crippen molar-refractivity contribution in [2.45, 2.75) is 33.8 Å². The zero-order valence-corrected chi connectivity index (χ0v) is 19.5. The number of ether oxygens (including phenoxy) is 3. The first-order chi connectivity index (χ1) is 11.5. The molecule has 0 unspecified atom stereocenters. The summed E-state index contributed by atoms with van der Waals surface area (Å²) < 4.78 is 16.3. The van der Waals surface area contributed by atoms with Gasteiger partial charge < -0.3 is 33.2 Å². The van der Waals surface area contributed by atoms with Crippen molar-refractivity contribution in [3.05, 3.63) is 47.8 Å². The third kappa shape index (κ3) is 5.39. The van der Waals surface area contributed by atoms with Gasteiger partial charge in [-0.05, 0) is 32.4 Å². The SMILES string of the molecule is [CH2-]C.[CH2-]COc1c(C/C=C(\C)CO)c(OC)c(C)c2c1C(=O)OC2.[Th+2]. The van der Waals surface area contributed by atoms with Gasteiger partial charge in [-0.2, -0.15) is 6.92 Å². The Balaban J connectivity index is 0.00000185. The summed E-state index contributed by atoms with van der Waals surface area (Å²) in [5, 5.41) is 9.15. The van der Waals surface area contributed by atoms with Gasteiger partial charge in [0, 0.05) is 11.1 Å².